The second-order valence-corrected chi connectivity index (χ2v) is 8.00. The Balaban J connectivity index is 1.29. The Kier molecular flexibility index (Phi) is 5.46. The van der Waals surface area contributed by atoms with Gasteiger partial charge in [-0.05, 0) is 55.7 Å². The van der Waals surface area contributed by atoms with E-state index in [1.807, 2.05) is 29.0 Å². The van der Waals surface area contributed by atoms with E-state index in [2.05, 4.69) is 17.1 Å². The van der Waals surface area contributed by atoms with Gasteiger partial charge in [0.1, 0.15) is 0 Å². The van der Waals surface area contributed by atoms with Crippen molar-refractivity contribution in [3.05, 3.63) is 53.6 Å². The van der Waals surface area contributed by atoms with Crippen molar-refractivity contribution in [2.45, 2.75) is 32.1 Å². The number of likely N-dealkylation sites (tertiary alicyclic amines) is 2. The minimum atomic E-state index is 0.0238. The van der Waals surface area contributed by atoms with Crippen LogP contribution in [0.4, 0.5) is 0 Å². The van der Waals surface area contributed by atoms with Crippen molar-refractivity contribution in [1.29, 1.82) is 0 Å². The largest absolute Gasteiger partial charge is 0.339 e. The number of hydrogen-bond donors (Lipinski definition) is 0. The molecule has 4 rings (SSSR count). The van der Waals surface area contributed by atoms with Crippen molar-refractivity contribution < 1.29 is 9.59 Å². The van der Waals surface area contributed by atoms with Crippen LogP contribution < -0.4 is 0 Å². The fourth-order valence-electron chi connectivity index (χ4n) is 4.27. The van der Waals surface area contributed by atoms with Gasteiger partial charge in [-0.25, -0.2) is 4.98 Å². The molecule has 6 heteroatoms. The molecule has 0 spiro atoms. The smallest absolute Gasteiger partial charge is 0.289 e. The molecule has 2 fully saturated rings. The van der Waals surface area contributed by atoms with Crippen molar-refractivity contribution in [1.82, 2.24) is 19.4 Å². The topological polar surface area (TPSA) is 58.4 Å². The highest BCUT2D eigenvalue weighted by Gasteiger charge is 2.26. The van der Waals surface area contributed by atoms with Crippen molar-refractivity contribution in [2.75, 3.05) is 26.2 Å². The fourth-order valence-corrected chi connectivity index (χ4v) is 4.27. The highest BCUT2D eigenvalue weighted by Crippen LogP contribution is 2.23. The second-order valence-electron chi connectivity index (χ2n) is 8.00. The average Bonchev–Trinajstić information content (AvgIpc) is 3.40. The van der Waals surface area contributed by atoms with Crippen LogP contribution >= 0.6 is 0 Å². The van der Waals surface area contributed by atoms with Gasteiger partial charge in [0.25, 0.3) is 11.8 Å². The van der Waals surface area contributed by atoms with E-state index >= 15 is 0 Å². The lowest BCUT2D eigenvalue weighted by atomic mass is 9.90. The zero-order chi connectivity index (χ0) is 19.5. The number of nitrogens with zero attached hydrogens (tertiary/aromatic N) is 4. The number of piperidine rings is 1. The van der Waals surface area contributed by atoms with E-state index in [-0.39, 0.29) is 11.8 Å². The van der Waals surface area contributed by atoms with Gasteiger partial charge < -0.3 is 14.4 Å². The zero-order valence-corrected chi connectivity index (χ0v) is 16.5. The molecule has 148 valence electrons. The molecule has 0 radical (unpaired) electrons. The highest BCUT2D eigenvalue weighted by molar-refractivity contribution is 5.94. The second kappa shape index (κ2) is 8.17. The SMILES string of the molecule is Cn1ccnc1C(=O)N1CCC(Cc2ccc(C(=O)N3CCCC3)cc2)CC1. The first-order valence-corrected chi connectivity index (χ1v) is 10.3. The van der Waals surface area contributed by atoms with Crippen LogP contribution in [0.5, 0.6) is 0 Å². The zero-order valence-electron chi connectivity index (χ0n) is 16.5. The summed E-state index contributed by atoms with van der Waals surface area (Å²) in [7, 11) is 1.85. The predicted octanol–water partition coefficient (Wildman–Crippen LogP) is 2.75. The maximum atomic E-state index is 12.6. The maximum absolute atomic E-state index is 12.6. The lowest BCUT2D eigenvalue weighted by molar-refractivity contribution is 0.0674. The van der Waals surface area contributed by atoms with Crippen LogP contribution in [0.1, 0.15) is 52.2 Å². The standard InChI is InChI=1S/C22H28N4O2/c1-24-15-10-23-20(24)22(28)26-13-8-18(9-14-26)16-17-4-6-19(7-5-17)21(27)25-11-2-3-12-25/h4-7,10,15,18H,2-3,8-9,11-14,16H2,1H3. The Bertz CT molecular complexity index is 828. The molecular formula is C22H28N4O2. The molecule has 2 aliphatic rings. The normalized spacial score (nSPS) is 17.9. The van der Waals surface area contributed by atoms with Crippen LogP contribution in [-0.4, -0.2) is 57.3 Å². The van der Waals surface area contributed by atoms with Crippen molar-refractivity contribution in [3.8, 4) is 0 Å². The summed E-state index contributed by atoms with van der Waals surface area (Å²) in [5.41, 5.74) is 2.06. The summed E-state index contributed by atoms with van der Waals surface area (Å²) >= 11 is 0. The number of hydrogen-bond acceptors (Lipinski definition) is 3. The molecule has 3 heterocycles. The fraction of sp³-hybridized carbons (Fsp3) is 0.500. The van der Waals surface area contributed by atoms with Gasteiger partial charge in [0.15, 0.2) is 5.82 Å². The molecular weight excluding hydrogens is 352 g/mol. The van der Waals surface area contributed by atoms with E-state index in [1.54, 1.807) is 17.0 Å². The molecule has 0 unspecified atom stereocenters. The third kappa shape index (κ3) is 3.96. The van der Waals surface area contributed by atoms with Gasteiger partial charge in [-0.1, -0.05) is 12.1 Å². The number of benzene rings is 1. The molecule has 28 heavy (non-hydrogen) atoms. The molecule has 1 aromatic heterocycles. The number of amides is 2. The number of imidazole rings is 1. The molecule has 0 N–H and O–H groups in total. The molecule has 6 nitrogen and oxygen atoms in total. The minimum Gasteiger partial charge on any atom is -0.339 e. The molecule has 0 atom stereocenters. The Hall–Kier alpha value is -2.63. The average molecular weight is 380 g/mol. The summed E-state index contributed by atoms with van der Waals surface area (Å²) in [6.45, 7) is 3.33. The summed E-state index contributed by atoms with van der Waals surface area (Å²) < 4.78 is 1.78. The van der Waals surface area contributed by atoms with Crippen molar-refractivity contribution in [2.24, 2.45) is 13.0 Å². The van der Waals surface area contributed by atoms with Gasteiger partial charge in [0.05, 0.1) is 0 Å². The van der Waals surface area contributed by atoms with Gasteiger partial charge in [-0.2, -0.15) is 0 Å². The van der Waals surface area contributed by atoms with Crippen LogP contribution in [0.15, 0.2) is 36.7 Å². The molecule has 0 saturated carbocycles. The molecule has 2 saturated heterocycles. The maximum Gasteiger partial charge on any atom is 0.289 e. The van der Waals surface area contributed by atoms with Crippen LogP contribution in [0.3, 0.4) is 0 Å². The Morgan fingerprint density at radius 2 is 1.61 bits per heavy atom. The van der Waals surface area contributed by atoms with E-state index in [0.717, 1.165) is 63.8 Å². The van der Waals surface area contributed by atoms with Crippen LogP contribution in [0, 0.1) is 5.92 Å². The molecule has 0 bridgehead atoms. The summed E-state index contributed by atoms with van der Waals surface area (Å²) in [5.74, 6) is 1.27. The van der Waals surface area contributed by atoms with Crippen molar-refractivity contribution in [3.63, 3.8) is 0 Å². The monoisotopic (exact) mass is 380 g/mol. The first kappa shape index (κ1) is 18.7. The highest BCUT2D eigenvalue weighted by atomic mass is 16.2. The van der Waals surface area contributed by atoms with Gasteiger partial charge in [-0.15, -0.1) is 0 Å². The van der Waals surface area contributed by atoms with Crippen LogP contribution in [0.25, 0.3) is 0 Å². The predicted molar refractivity (Wildman–Crippen MR) is 107 cm³/mol. The van der Waals surface area contributed by atoms with E-state index in [4.69, 9.17) is 0 Å². The van der Waals surface area contributed by atoms with Gasteiger partial charge in [0.2, 0.25) is 0 Å². The molecule has 0 aliphatic carbocycles. The van der Waals surface area contributed by atoms with Gasteiger partial charge in [-0.3, -0.25) is 9.59 Å². The quantitative estimate of drug-likeness (QED) is 0.820. The van der Waals surface area contributed by atoms with E-state index in [0.29, 0.717) is 11.7 Å². The summed E-state index contributed by atoms with van der Waals surface area (Å²) in [6.07, 6.45) is 8.71. The number of aromatic nitrogens is 2. The Morgan fingerprint density at radius 3 is 2.21 bits per heavy atom. The van der Waals surface area contributed by atoms with Crippen LogP contribution in [-0.2, 0) is 13.5 Å². The van der Waals surface area contributed by atoms with E-state index < -0.39 is 0 Å². The molecule has 2 aromatic rings. The third-order valence-electron chi connectivity index (χ3n) is 6.03. The van der Waals surface area contributed by atoms with Crippen LogP contribution in [0.2, 0.25) is 0 Å². The Morgan fingerprint density at radius 1 is 0.964 bits per heavy atom. The lowest BCUT2D eigenvalue weighted by Crippen LogP contribution is -2.39. The number of aryl methyl sites for hydroxylation is 1. The first-order chi connectivity index (χ1) is 13.6. The minimum absolute atomic E-state index is 0.0238. The van der Waals surface area contributed by atoms with Gasteiger partial charge >= 0.3 is 0 Å². The molecule has 2 amide bonds. The molecule has 1 aromatic carbocycles. The van der Waals surface area contributed by atoms with Crippen molar-refractivity contribution >= 4 is 11.8 Å². The van der Waals surface area contributed by atoms with E-state index in [9.17, 15) is 9.59 Å². The lowest BCUT2D eigenvalue weighted by Gasteiger charge is -2.31. The third-order valence-corrected chi connectivity index (χ3v) is 6.03. The summed E-state index contributed by atoms with van der Waals surface area (Å²) in [6, 6.07) is 8.12. The Labute approximate surface area is 166 Å². The molecule has 2 aliphatic heterocycles. The van der Waals surface area contributed by atoms with Gasteiger partial charge in [0, 0.05) is 51.2 Å². The number of carbonyl (C=O) groups excluding carboxylic acids is 2. The number of carbonyl (C=O) groups is 2. The first-order valence-electron chi connectivity index (χ1n) is 10.3. The number of rotatable bonds is 4. The summed E-state index contributed by atoms with van der Waals surface area (Å²) in [4.78, 5) is 33.0. The van der Waals surface area contributed by atoms with E-state index in [1.165, 1.54) is 5.56 Å². The summed E-state index contributed by atoms with van der Waals surface area (Å²) in [5, 5.41) is 0.